The second-order valence-electron chi connectivity index (χ2n) is 16.6. The van der Waals surface area contributed by atoms with Gasteiger partial charge in [-0.25, -0.2) is 4.39 Å². The number of aromatic nitrogens is 3. The molecule has 4 aromatic heterocycles. The van der Waals surface area contributed by atoms with Gasteiger partial charge in [0.15, 0.2) is 0 Å². The Hall–Kier alpha value is -6.02. The SMILES string of the molecule is Fc1cccc(-c2ccc3c(c2)oc2c[c-]c(-c4nc5ccccc5n4-c4ccc5sc6ccccc6c5c4)cc23)c1.[2H]C(C)(C)c1cc(-c2[c-]cccc2)ncc1[Si](C)(C)C.[Ir]. The molecule has 307 valence electrons. The van der Waals surface area contributed by atoms with Crippen LogP contribution in [0.15, 0.2) is 162 Å². The largest absolute Gasteiger partial charge is 0.500 e. The summed E-state index contributed by atoms with van der Waals surface area (Å²) in [6, 6.07) is 56.7. The maximum absolute atomic E-state index is 13.9. The minimum atomic E-state index is -1.50. The molecule has 0 bridgehead atoms. The van der Waals surface area contributed by atoms with E-state index < -0.39 is 14.0 Å². The van der Waals surface area contributed by atoms with Crippen molar-refractivity contribution in [3.63, 3.8) is 0 Å². The smallest absolute Gasteiger partial charge is 0.123 e. The number of fused-ring (bicyclic) bond motifs is 7. The first kappa shape index (κ1) is 40.1. The van der Waals surface area contributed by atoms with Gasteiger partial charge < -0.3 is 14.0 Å². The zero-order valence-corrected chi connectivity index (χ0v) is 39.1. The second-order valence-corrected chi connectivity index (χ2v) is 22.8. The van der Waals surface area contributed by atoms with Gasteiger partial charge in [-0.1, -0.05) is 105 Å². The third-order valence-electron chi connectivity index (χ3n) is 11.2. The average Bonchev–Trinajstić information content (AvgIpc) is 3.97. The standard InChI is InChI=1S/C37H20FN2OS.C17H22NSi.Ir/c38-25-7-5-6-22(18-25)23-12-15-27-29-19-24(13-16-33(29)41-34(27)20-23)37-39-31-9-2-3-10-32(31)40(37)26-14-17-36-30(21-26)28-8-1-4-11-35(28)42-36;1-13(2)15-11-16(14-9-7-6-8-10-14)18-12-17(15)19(3,4)5;/h1-12,14-21H;6-9,11-13H,1-5H3;/q2*-1;/i;13D;. The van der Waals surface area contributed by atoms with Gasteiger partial charge in [-0.05, 0) is 82.5 Å². The zero-order valence-electron chi connectivity index (χ0n) is 35.9. The summed E-state index contributed by atoms with van der Waals surface area (Å²) in [5, 5.41) is 5.76. The van der Waals surface area contributed by atoms with E-state index in [1.54, 1.807) is 6.07 Å². The van der Waals surface area contributed by atoms with Crippen molar-refractivity contribution in [2.24, 2.45) is 0 Å². The molecule has 0 unspecified atom stereocenters. The van der Waals surface area contributed by atoms with Crippen molar-refractivity contribution in [1.82, 2.24) is 14.5 Å². The first-order chi connectivity index (χ1) is 29.9. The molecule has 7 aromatic carbocycles. The Kier molecular flexibility index (Phi) is 10.8. The van der Waals surface area contributed by atoms with E-state index >= 15 is 0 Å². The van der Waals surface area contributed by atoms with E-state index in [-0.39, 0.29) is 25.9 Å². The Morgan fingerprint density at radius 2 is 1.50 bits per heavy atom. The maximum Gasteiger partial charge on any atom is 0.123 e. The number of imidazole rings is 1. The van der Waals surface area contributed by atoms with Crippen molar-refractivity contribution in [2.75, 3.05) is 0 Å². The summed E-state index contributed by atoms with van der Waals surface area (Å²) in [6.45, 7) is 10.8. The zero-order chi connectivity index (χ0) is 42.8. The summed E-state index contributed by atoms with van der Waals surface area (Å²) in [4.78, 5) is 9.70. The predicted molar refractivity (Wildman–Crippen MR) is 256 cm³/mol. The Morgan fingerprint density at radius 1 is 0.710 bits per heavy atom. The second kappa shape index (κ2) is 16.7. The fraction of sp³-hybridized carbons (Fsp3) is 0.111. The molecule has 0 fully saturated rings. The monoisotopic (exact) mass is 1020 g/mol. The fourth-order valence-electron chi connectivity index (χ4n) is 8.19. The van der Waals surface area contributed by atoms with E-state index in [2.05, 4.69) is 108 Å². The van der Waals surface area contributed by atoms with E-state index in [0.29, 0.717) is 0 Å². The number of halogens is 1. The minimum absolute atomic E-state index is 0. The van der Waals surface area contributed by atoms with Gasteiger partial charge in [-0.3, -0.25) is 4.98 Å². The number of para-hydroxylation sites is 2. The van der Waals surface area contributed by atoms with E-state index in [4.69, 9.17) is 10.8 Å². The molecule has 11 aromatic rings. The average molecular weight is 1020 g/mol. The van der Waals surface area contributed by atoms with Crippen molar-refractivity contribution in [3.8, 4) is 39.5 Å². The number of nitrogens with zero attached hydrogens (tertiary/aromatic N) is 3. The molecule has 8 heteroatoms. The molecule has 0 atom stereocenters. The number of rotatable bonds is 6. The molecule has 0 saturated heterocycles. The summed E-state index contributed by atoms with van der Waals surface area (Å²) >= 11 is 1.82. The third-order valence-corrected chi connectivity index (χ3v) is 14.4. The van der Waals surface area contributed by atoms with Crippen LogP contribution in [-0.2, 0) is 20.1 Å². The van der Waals surface area contributed by atoms with Crippen molar-refractivity contribution < 1.29 is 30.3 Å². The Labute approximate surface area is 380 Å². The summed E-state index contributed by atoms with van der Waals surface area (Å²) in [6.07, 6.45) is 1.98. The van der Waals surface area contributed by atoms with Crippen LogP contribution < -0.4 is 5.19 Å². The van der Waals surface area contributed by atoms with Gasteiger partial charge in [0.1, 0.15) is 11.4 Å². The van der Waals surface area contributed by atoms with Gasteiger partial charge in [0, 0.05) is 58.9 Å². The van der Waals surface area contributed by atoms with Gasteiger partial charge in [0.05, 0.1) is 30.5 Å². The van der Waals surface area contributed by atoms with E-state index in [1.807, 2.05) is 98.1 Å². The third kappa shape index (κ3) is 7.73. The Morgan fingerprint density at radius 3 is 2.31 bits per heavy atom. The number of benzene rings is 7. The van der Waals surface area contributed by atoms with Crippen LogP contribution in [0.5, 0.6) is 0 Å². The molecule has 0 spiro atoms. The topological polar surface area (TPSA) is 43.9 Å². The molecule has 1 radical (unpaired) electrons. The fourth-order valence-corrected chi connectivity index (χ4v) is 10.9. The van der Waals surface area contributed by atoms with E-state index in [0.717, 1.165) is 78.0 Å². The normalized spacial score (nSPS) is 12.1. The van der Waals surface area contributed by atoms with Crippen LogP contribution in [0.25, 0.3) is 92.6 Å². The van der Waals surface area contributed by atoms with Gasteiger partial charge in [0.2, 0.25) is 0 Å². The van der Waals surface area contributed by atoms with Crippen molar-refractivity contribution in [1.29, 1.82) is 0 Å². The first-order valence-corrected chi connectivity index (χ1v) is 24.7. The number of hydrogen-bond acceptors (Lipinski definition) is 4. The quantitative estimate of drug-likeness (QED) is 0.123. The molecule has 0 aliphatic rings. The van der Waals surface area contributed by atoms with Crippen LogP contribution in [0, 0.1) is 17.9 Å². The summed E-state index contributed by atoms with van der Waals surface area (Å²) < 4.78 is 33.3. The molecule has 0 saturated carbocycles. The molecule has 11 rings (SSSR count). The first-order valence-electron chi connectivity index (χ1n) is 20.9. The van der Waals surface area contributed by atoms with Crippen molar-refractivity contribution in [2.45, 2.75) is 39.4 Å². The number of pyridine rings is 1. The summed E-state index contributed by atoms with van der Waals surface area (Å²) in [5.41, 5.74) is 10.1. The molecule has 62 heavy (non-hydrogen) atoms. The van der Waals surface area contributed by atoms with Crippen LogP contribution in [0.4, 0.5) is 4.39 Å². The Bertz CT molecular complexity index is 3470. The molecule has 4 heterocycles. The summed E-state index contributed by atoms with van der Waals surface area (Å²) in [7, 11) is -1.50. The molecule has 0 aliphatic heterocycles. The molecule has 0 aliphatic carbocycles. The number of furan rings is 1. The van der Waals surface area contributed by atoms with Crippen LogP contribution in [0.3, 0.4) is 0 Å². The van der Waals surface area contributed by atoms with Crippen LogP contribution in [0.2, 0.25) is 19.6 Å². The van der Waals surface area contributed by atoms with Gasteiger partial charge in [0.25, 0.3) is 0 Å². The number of hydrogen-bond donors (Lipinski definition) is 0. The molecular formula is C54H42FIrN3OSSi-2. The molecule has 0 amide bonds. The van der Waals surface area contributed by atoms with Gasteiger partial charge >= 0.3 is 0 Å². The van der Waals surface area contributed by atoms with E-state index in [9.17, 15) is 4.39 Å². The maximum atomic E-state index is 13.9. The summed E-state index contributed by atoms with van der Waals surface area (Å²) in [5.74, 6) is -0.0457. The molecule has 4 nitrogen and oxygen atoms in total. The number of thiophene rings is 1. The van der Waals surface area contributed by atoms with Crippen LogP contribution >= 0.6 is 11.3 Å². The minimum Gasteiger partial charge on any atom is -0.500 e. The van der Waals surface area contributed by atoms with Gasteiger partial charge in [-0.15, -0.1) is 71.0 Å². The van der Waals surface area contributed by atoms with Crippen LogP contribution in [-0.4, -0.2) is 22.6 Å². The predicted octanol–water partition coefficient (Wildman–Crippen LogP) is 14.8. The van der Waals surface area contributed by atoms with Crippen LogP contribution in [0.1, 0.15) is 26.7 Å². The van der Waals surface area contributed by atoms with Gasteiger partial charge in [-0.2, -0.15) is 0 Å². The Balaban J connectivity index is 0.000000204. The molecular weight excluding hydrogens is 978 g/mol. The van der Waals surface area contributed by atoms with Crippen molar-refractivity contribution in [3.05, 3.63) is 181 Å². The van der Waals surface area contributed by atoms with E-state index in [1.165, 1.54) is 37.5 Å². The molecule has 0 N–H and O–H groups in total. The van der Waals surface area contributed by atoms with Crippen molar-refractivity contribution >= 4 is 77.7 Å².